The third-order valence-corrected chi connectivity index (χ3v) is 6.47. The third kappa shape index (κ3) is 1.36. The number of sulfonamides is 1. The predicted octanol–water partition coefficient (Wildman–Crippen LogP) is 0.538. The van der Waals surface area contributed by atoms with Gasteiger partial charge in [-0.15, -0.1) is 0 Å². The highest BCUT2D eigenvalue weighted by Crippen LogP contribution is 2.51. The molecule has 2 rings (SSSR count). The Bertz CT molecular complexity index is 348. The molecule has 0 amide bonds. The van der Waals surface area contributed by atoms with Crippen LogP contribution < -0.4 is 5.73 Å². The van der Waals surface area contributed by atoms with E-state index in [0.29, 0.717) is 19.0 Å². The molecule has 0 spiro atoms. The van der Waals surface area contributed by atoms with Crippen LogP contribution in [0.1, 0.15) is 33.1 Å². The summed E-state index contributed by atoms with van der Waals surface area (Å²) in [7, 11) is -3.12. The van der Waals surface area contributed by atoms with Crippen molar-refractivity contribution in [3.05, 3.63) is 0 Å². The minimum absolute atomic E-state index is 0.219. The van der Waals surface area contributed by atoms with Gasteiger partial charge >= 0.3 is 0 Å². The summed E-state index contributed by atoms with van der Waals surface area (Å²) in [6.07, 6.45) is 3.07. The summed E-state index contributed by atoms with van der Waals surface area (Å²) >= 11 is 0. The second-order valence-electron chi connectivity index (χ2n) is 5.00. The third-order valence-electron chi connectivity index (χ3n) is 4.12. The highest BCUT2D eigenvalue weighted by molar-refractivity contribution is 7.89. The van der Waals surface area contributed by atoms with Gasteiger partial charge in [0.25, 0.3) is 0 Å². The van der Waals surface area contributed by atoms with E-state index >= 15 is 0 Å². The van der Waals surface area contributed by atoms with Crippen LogP contribution in [0.4, 0.5) is 0 Å². The molecule has 0 bridgehead atoms. The van der Waals surface area contributed by atoms with E-state index in [1.807, 2.05) is 0 Å². The molecule has 1 aliphatic heterocycles. The molecule has 1 aliphatic carbocycles. The number of fused-ring (bicyclic) bond motifs is 1. The lowest BCUT2D eigenvalue weighted by Gasteiger charge is -2.49. The SMILES string of the molecule is CC(C)S(=O)(=O)N1CCC2CCC21CN. The first-order valence-electron chi connectivity index (χ1n) is 5.67. The van der Waals surface area contributed by atoms with Gasteiger partial charge in [0, 0.05) is 13.1 Å². The fraction of sp³-hybridized carbons (Fsp3) is 1.00. The molecule has 5 heteroatoms. The standard InChI is InChI=1S/C10H20N2O2S/c1-8(2)15(13,14)12-6-4-9-3-5-10(9,12)7-11/h8-9H,3-7,11H2,1-2H3. The second-order valence-corrected chi connectivity index (χ2v) is 7.41. The topological polar surface area (TPSA) is 63.4 Å². The number of nitrogens with zero attached hydrogens (tertiary/aromatic N) is 1. The minimum Gasteiger partial charge on any atom is -0.329 e. The molecule has 1 saturated heterocycles. The van der Waals surface area contributed by atoms with E-state index in [0.717, 1.165) is 19.3 Å². The molecule has 2 N–H and O–H groups in total. The first kappa shape index (κ1) is 11.4. The molecule has 1 saturated carbocycles. The molecule has 15 heavy (non-hydrogen) atoms. The molecule has 0 aromatic heterocycles. The number of hydrogen-bond donors (Lipinski definition) is 1. The van der Waals surface area contributed by atoms with Crippen LogP contribution in [0.2, 0.25) is 0 Å². The molecule has 1 heterocycles. The largest absolute Gasteiger partial charge is 0.329 e. The summed E-state index contributed by atoms with van der Waals surface area (Å²) in [6.45, 7) is 4.63. The molecule has 4 nitrogen and oxygen atoms in total. The molecule has 2 fully saturated rings. The van der Waals surface area contributed by atoms with Crippen molar-refractivity contribution in [3.8, 4) is 0 Å². The molecule has 88 valence electrons. The smallest absolute Gasteiger partial charge is 0.216 e. The molecule has 2 atom stereocenters. The second kappa shape index (κ2) is 3.43. The maximum atomic E-state index is 12.2. The van der Waals surface area contributed by atoms with Gasteiger partial charge in [0.15, 0.2) is 0 Å². The van der Waals surface area contributed by atoms with Crippen molar-refractivity contribution in [1.29, 1.82) is 0 Å². The average molecular weight is 232 g/mol. The normalized spacial score (nSPS) is 36.7. The molecule has 0 aromatic rings. The van der Waals surface area contributed by atoms with Crippen molar-refractivity contribution in [3.63, 3.8) is 0 Å². The highest BCUT2D eigenvalue weighted by Gasteiger charge is 2.58. The minimum atomic E-state index is -3.12. The Morgan fingerprint density at radius 1 is 1.47 bits per heavy atom. The van der Waals surface area contributed by atoms with E-state index in [1.165, 1.54) is 0 Å². The zero-order valence-corrected chi connectivity index (χ0v) is 10.3. The van der Waals surface area contributed by atoms with E-state index in [9.17, 15) is 8.42 Å². The number of nitrogens with two attached hydrogens (primary N) is 1. The molecule has 0 radical (unpaired) electrons. The maximum absolute atomic E-state index is 12.2. The first-order valence-corrected chi connectivity index (χ1v) is 7.17. The van der Waals surface area contributed by atoms with Crippen LogP contribution in [0, 0.1) is 5.92 Å². The Hall–Kier alpha value is -0.130. The fourth-order valence-corrected chi connectivity index (χ4v) is 4.62. The van der Waals surface area contributed by atoms with Crippen molar-refractivity contribution in [2.24, 2.45) is 11.7 Å². The average Bonchev–Trinajstić information content (AvgIpc) is 2.39. The van der Waals surface area contributed by atoms with E-state index in [2.05, 4.69) is 0 Å². The van der Waals surface area contributed by atoms with Crippen LogP contribution in [0.5, 0.6) is 0 Å². The zero-order valence-electron chi connectivity index (χ0n) is 9.44. The molecule has 2 unspecified atom stereocenters. The Labute approximate surface area is 91.9 Å². The Balaban J connectivity index is 2.31. The molecular weight excluding hydrogens is 212 g/mol. The Morgan fingerprint density at radius 3 is 2.53 bits per heavy atom. The van der Waals surface area contributed by atoms with Crippen LogP contribution in [-0.4, -0.2) is 36.6 Å². The summed E-state index contributed by atoms with van der Waals surface area (Å²) in [4.78, 5) is 0. The van der Waals surface area contributed by atoms with Gasteiger partial charge < -0.3 is 5.73 Å². The summed E-state index contributed by atoms with van der Waals surface area (Å²) in [5, 5.41) is -0.333. The van der Waals surface area contributed by atoms with Crippen LogP contribution in [-0.2, 0) is 10.0 Å². The van der Waals surface area contributed by atoms with Gasteiger partial charge in [-0.05, 0) is 39.0 Å². The van der Waals surface area contributed by atoms with Gasteiger partial charge in [0.2, 0.25) is 10.0 Å². The molecule has 0 aromatic carbocycles. The van der Waals surface area contributed by atoms with Crippen molar-refractivity contribution in [2.75, 3.05) is 13.1 Å². The van der Waals surface area contributed by atoms with Crippen LogP contribution >= 0.6 is 0 Å². The first-order chi connectivity index (χ1) is 6.95. The molecule has 2 aliphatic rings. The number of hydrogen-bond acceptors (Lipinski definition) is 3. The lowest BCUT2D eigenvalue weighted by Crippen LogP contribution is -2.61. The lowest BCUT2D eigenvalue weighted by atomic mass is 9.68. The van der Waals surface area contributed by atoms with Gasteiger partial charge in [0.05, 0.1) is 10.8 Å². The predicted molar refractivity (Wildman–Crippen MR) is 59.9 cm³/mol. The van der Waals surface area contributed by atoms with E-state index in [-0.39, 0.29) is 10.8 Å². The Kier molecular flexibility index (Phi) is 2.60. The maximum Gasteiger partial charge on any atom is 0.216 e. The summed E-state index contributed by atoms with van der Waals surface area (Å²) in [5.74, 6) is 0.510. The summed E-state index contributed by atoms with van der Waals surface area (Å²) < 4.78 is 26.0. The van der Waals surface area contributed by atoms with E-state index in [1.54, 1.807) is 18.2 Å². The van der Waals surface area contributed by atoms with Gasteiger partial charge in [0.1, 0.15) is 0 Å². The van der Waals surface area contributed by atoms with Crippen molar-refractivity contribution in [2.45, 2.75) is 43.9 Å². The van der Waals surface area contributed by atoms with Gasteiger partial charge in [-0.1, -0.05) is 0 Å². The summed E-state index contributed by atoms with van der Waals surface area (Å²) in [5.41, 5.74) is 5.57. The molecular formula is C10H20N2O2S. The van der Waals surface area contributed by atoms with Crippen molar-refractivity contribution < 1.29 is 8.42 Å². The summed E-state index contributed by atoms with van der Waals surface area (Å²) in [6, 6.07) is 0. The van der Waals surface area contributed by atoms with Crippen LogP contribution in [0.25, 0.3) is 0 Å². The quantitative estimate of drug-likeness (QED) is 0.772. The highest BCUT2D eigenvalue weighted by atomic mass is 32.2. The lowest BCUT2D eigenvalue weighted by molar-refractivity contribution is 0.0820. The van der Waals surface area contributed by atoms with Crippen molar-refractivity contribution >= 4 is 10.0 Å². The van der Waals surface area contributed by atoms with E-state index in [4.69, 9.17) is 5.73 Å². The van der Waals surface area contributed by atoms with Gasteiger partial charge in [-0.2, -0.15) is 4.31 Å². The van der Waals surface area contributed by atoms with Crippen LogP contribution in [0.3, 0.4) is 0 Å². The van der Waals surface area contributed by atoms with Crippen LogP contribution in [0.15, 0.2) is 0 Å². The monoisotopic (exact) mass is 232 g/mol. The zero-order chi connectivity index (χ0) is 11.3. The van der Waals surface area contributed by atoms with E-state index < -0.39 is 10.0 Å². The van der Waals surface area contributed by atoms with Gasteiger partial charge in [-0.3, -0.25) is 0 Å². The van der Waals surface area contributed by atoms with Crippen molar-refractivity contribution in [1.82, 2.24) is 4.31 Å². The van der Waals surface area contributed by atoms with Gasteiger partial charge in [-0.25, -0.2) is 8.42 Å². The fourth-order valence-electron chi connectivity index (χ4n) is 2.92. The Morgan fingerprint density at radius 2 is 2.13 bits per heavy atom. The number of rotatable bonds is 3.